The van der Waals surface area contributed by atoms with Crippen LogP contribution in [0.1, 0.15) is 30.9 Å². The summed E-state index contributed by atoms with van der Waals surface area (Å²) in [5.41, 5.74) is 7.67. The van der Waals surface area contributed by atoms with Gasteiger partial charge in [0.2, 0.25) is 0 Å². The summed E-state index contributed by atoms with van der Waals surface area (Å²) in [4.78, 5) is 2.44. The highest BCUT2D eigenvalue weighted by Crippen LogP contribution is 2.22. The molecule has 2 rings (SSSR count). The van der Waals surface area contributed by atoms with Gasteiger partial charge in [0.05, 0.1) is 0 Å². The van der Waals surface area contributed by atoms with Gasteiger partial charge in [0.25, 0.3) is 0 Å². The number of oxime groups is 1. The zero-order valence-electron chi connectivity index (χ0n) is 10.8. The molecule has 1 unspecified atom stereocenters. The molecule has 1 aliphatic heterocycles. The number of nitrogens with two attached hydrogens (primary N) is 1. The Bertz CT molecular complexity index is 431. The van der Waals surface area contributed by atoms with Crippen LogP contribution in [-0.4, -0.2) is 29.0 Å². The maximum absolute atomic E-state index is 8.80. The molecular formula is C14H21N3O. The van der Waals surface area contributed by atoms with Crippen molar-refractivity contribution in [1.82, 2.24) is 4.90 Å². The topological polar surface area (TPSA) is 61.8 Å². The second-order valence-electron chi connectivity index (χ2n) is 4.94. The molecule has 1 heterocycles. The molecule has 0 bridgehead atoms. The van der Waals surface area contributed by atoms with Crippen LogP contribution in [0, 0.1) is 5.92 Å². The molecular weight excluding hydrogens is 226 g/mol. The Balaban J connectivity index is 2.10. The van der Waals surface area contributed by atoms with E-state index in [0.29, 0.717) is 0 Å². The molecule has 98 valence electrons. The second-order valence-corrected chi connectivity index (χ2v) is 4.94. The number of hydrogen-bond acceptors (Lipinski definition) is 3. The Morgan fingerprint density at radius 2 is 2.28 bits per heavy atom. The van der Waals surface area contributed by atoms with Crippen LogP contribution in [0.2, 0.25) is 0 Å². The number of nitrogens with zero attached hydrogens (tertiary/aromatic N) is 2. The van der Waals surface area contributed by atoms with Gasteiger partial charge >= 0.3 is 0 Å². The minimum Gasteiger partial charge on any atom is -0.409 e. The van der Waals surface area contributed by atoms with E-state index < -0.39 is 0 Å². The number of hydrogen-bond donors (Lipinski definition) is 2. The summed E-state index contributed by atoms with van der Waals surface area (Å²) in [6.07, 6.45) is 2.53. The Morgan fingerprint density at radius 1 is 1.50 bits per heavy atom. The van der Waals surface area contributed by atoms with E-state index in [1.807, 2.05) is 24.3 Å². The lowest BCUT2D eigenvalue weighted by molar-refractivity contribution is 0.313. The summed E-state index contributed by atoms with van der Waals surface area (Å²) in [5.74, 6) is 1.01. The molecule has 1 fully saturated rings. The second kappa shape index (κ2) is 5.87. The lowest BCUT2D eigenvalue weighted by Gasteiger charge is -2.17. The van der Waals surface area contributed by atoms with Crippen LogP contribution >= 0.6 is 0 Å². The lowest BCUT2D eigenvalue weighted by atomic mass is 10.1. The molecule has 0 aliphatic carbocycles. The molecule has 18 heavy (non-hydrogen) atoms. The van der Waals surface area contributed by atoms with Crippen LogP contribution < -0.4 is 5.73 Å². The highest BCUT2D eigenvalue weighted by atomic mass is 16.4. The van der Waals surface area contributed by atoms with Gasteiger partial charge in [0, 0.05) is 18.7 Å². The minimum absolute atomic E-state index is 0.192. The van der Waals surface area contributed by atoms with Crippen LogP contribution in [0.15, 0.2) is 29.4 Å². The summed E-state index contributed by atoms with van der Waals surface area (Å²) in [5, 5.41) is 11.9. The number of rotatable bonds is 4. The summed E-state index contributed by atoms with van der Waals surface area (Å²) < 4.78 is 0. The van der Waals surface area contributed by atoms with Gasteiger partial charge in [0.15, 0.2) is 5.84 Å². The lowest BCUT2D eigenvalue weighted by Crippen LogP contribution is -2.23. The van der Waals surface area contributed by atoms with Gasteiger partial charge in [-0.25, -0.2) is 0 Å². The van der Waals surface area contributed by atoms with Crippen LogP contribution in [0.3, 0.4) is 0 Å². The van der Waals surface area contributed by atoms with E-state index in [9.17, 15) is 0 Å². The zero-order chi connectivity index (χ0) is 13.0. The van der Waals surface area contributed by atoms with Crippen LogP contribution in [0.4, 0.5) is 0 Å². The van der Waals surface area contributed by atoms with E-state index in [-0.39, 0.29) is 5.84 Å². The van der Waals surface area contributed by atoms with Crippen molar-refractivity contribution in [2.24, 2.45) is 16.8 Å². The fourth-order valence-electron chi connectivity index (χ4n) is 2.59. The van der Waals surface area contributed by atoms with Gasteiger partial charge in [-0.3, -0.25) is 4.90 Å². The predicted molar refractivity (Wildman–Crippen MR) is 72.6 cm³/mol. The first kappa shape index (κ1) is 12.9. The number of benzene rings is 1. The maximum Gasteiger partial charge on any atom is 0.170 e. The van der Waals surface area contributed by atoms with Crippen molar-refractivity contribution < 1.29 is 5.21 Å². The van der Waals surface area contributed by atoms with E-state index in [0.717, 1.165) is 36.7 Å². The fraction of sp³-hybridized carbons (Fsp3) is 0.500. The standard InChI is InChI=1S/C14H21N3O/c1-2-11-7-8-17(9-11)10-12-5-3-4-6-13(12)14(15)16-18/h3-6,11,18H,2,7-10H2,1H3,(H2,15,16). The average molecular weight is 247 g/mol. The van der Waals surface area contributed by atoms with E-state index in [1.165, 1.54) is 12.8 Å². The van der Waals surface area contributed by atoms with Crippen LogP contribution in [0.25, 0.3) is 0 Å². The van der Waals surface area contributed by atoms with E-state index in [2.05, 4.69) is 17.0 Å². The molecule has 1 aromatic rings. The van der Waals surface area contributed by atoms with Gasteiger partial charge in [-0.05, 0) is 24.4 Å². The summed E-state index contributed by atoms with van der Waals surface area (Å²) in [6, 6.07) is 7.86. The highest BCUT2D eigenvalue weighted by molar-refractivity contribution is 5.98. The van der Waals surface area contributed by atoms with E-state index in [1.54, 1.807) is 0 Å². The third-order valence-corrected chi connectivity index (χ3v) is 3.74. The third-order valence-electron chi connectivity index (χ3n) is 3.74. The van der Waals surface area contributed by atoms with Crippen molar-refractivity contribution in [1.29, 1.82) is 0 Å². The molecule has 1 aromatic carbocycles. The van der Waals surface area contributed by atoms with Crippen molar-refractivity contribution >= 4 is 5.84 Å². The fourth-order valence-corrected chi connectivity index (χ4v) is 2.59. The molecule has 0 radical (unpaired) electrons. The summed E-state index contributed by atoms with van der Waals surface area (Å²) >= 11 is 0. The molecule has 4 nitrogen and oxygen atoms in total. The quantitative estimate of drug-likeness (QED) is 0.370. The summed E-state index contributed by atoms with van der Waals surface area (Å²) in [7, 11) is 0. The van der Waals surface area contributed by atoms with Crippen molar-refractivity contribution in [3.63, 3.8) is 0 Å². The van der Waals surface area contributed by atoms with E-state index in [4.69, 9.17) is 10.9 Å². The number of amidine groups is 1. The monoisotopic (exact) mass is 247 g/mol. The molecule has 0 amide bonds. The Kier molecular flexibility index (Phi) is 4.20. The Morgan fingerprint density at radius 3 is 2.94 bits per heavy atom. The maximum atomic E-state index is 8.80. The molecule has 3 N–H and O–H groups in total. The molecule has 0 saturated carbocycles. The third kappa shape index (κ3) is 2.82. The molecule has 0 aromatic heterocycles. The first-order valence-corrected chi connectivity index (χ1v) is 6.52. The minimum atomic E-state index is 0.192. The van der Waals surface area contributed by atoms with Gasteiger partial charge in [-0.15, -0.1) is 0 Å². The molecule has 0 spiro atoms. The molecule has 4 heteroatoms. The summed E-state index contributed by atoms with van der Waals surface area (Å²) in [6.45, 7) is 5.42. The normalized spacial score (nSPS) is 21.4. The SMILES string of the molecule is CCC1CCN(Cc2ccccc2/C(N)=N/O)C1. The van der Waals surface area contributed by atoms with Crippen molar-refractivity contribution in [3.8, 4) is 0 Å². The number of likely N-dealkylation sites (tertiary alicyclic amines) is 1. The average Bonchev–Trinajstić information content (AvgIpc) is 2.86. The first-order valence-electron chi connectivity index (χ1n) is 6.52. The largest absolute Gasteiger partial charge is 0.409 e. The van der Waals surface area contributed by atoms with Crippen LogP contribution in [0.5, 0.6) is 0 Å². The molecule has 1 atom stereocenters. The van der Waals surface area contributed by atoms with Crippen molar-refractivity contribution in [2.45, 2.75) is 26.3 Å². The van der Waals surface area contributed by atoms with E-state index >= 15 is 0 Å². The van der Waals surface area contributed by atoms with Gasteiger partial charge in [-0.1, -0.05) is 42.8 Å². The molecule has 1 aliphatic rings. The molecule has 1 saturated heterocycles. The van der Waals surface area contributed by atoms with Gasteiger partial charge in [0.1, 0.15) is 0 Å². The highest BCUT2D eigenvalue weighted by Gasteiger charge is 2.21. The van der Waals surface area contributed by atoms with Crippen molar-refractivity contribution in [3.05, 3.63) is 35.4 Å². The predicted octanol–water partition coefficient (Wildman–Crippen LogP) is 2.01. The van der Waals surface area contributed by atoms with Crippen molar-refractivity contribution in [2.75, 3.05) is 13.1 Å². The van der Waals surface area contributed by atoms with Crippen LogP contribution in [-0.2, 0) is 6.54 Å². The van der Waals surface area contributed by atoms with Gasteiger partial charge in [-0.2, -0.15) is 0 Å². The zero-order valence-corrected chi connectivity index (χ0v) is 10.8. The van der Waals surface area contributed by atoms with Gasteiger partial charge < -0.3 is 10.9 Å². The smallest absolute Gasteiger partial charge is 0.170 e. The Hall–Kier alpha value is -1.55. The Labute approximate surface area is 108 Å². The first-order chi connectivity index (χ1) is 8.74.